The molecule has 0 aliphatic heterocycles. The van der Waals surface area contributed by atoms with Crippen molar-refractivity contribution in [2.75, 3.05) is 6.26 Å². The number of sulfonamides is 1. The number of carbonyl (C=O) groups is 1. The monoisotopic (exact) mass is 257 g/mol. The van der Waals surface area contributed by atoms with E-state index in [1.165, 1.54) is 12.1 Å². The quantitative estimate of drug-likeness (QED) is 0.848. The Balaban J connectivity index is 3.04. The minimum atomic E-state index is -3.32. The molecule has 17 heavy (non-hydrogen) atoms. The van der Waals surface area contributed by atoms with Crippen molar-refractivity contribution in [3.05, 3.63) is 35.4 Å². The summed E-state index contributed by atoms with van der Waals surface area (Å²) in [6, 6.07) is 6.09. The molecule has 0 aromatic heterocycles. The Bertz CT molecular complexity index is 517. The normalized spacial score (nSPS) is 12.4. The van der Waals surface area contributed by atoms with Crippen molar-refractivity contribution < 1.29 is 18.3 Å². The number of aromatic carboxylic acids is 1. The lowest BCUT2D eigenvalue weighted by molar-refractivity contribution is 0.0697. The van der Waals surface area contributed by atoms with Gasteiger partial charge in [-0.15, -0.1) is 0 Å². The molecule has 0 aliphatic rings. The van der Waals surface area contributed by atoms with Crippen LogP contribution in [-0.2, 0) is 15.6 Å². The Morgan fingerprint density at radius 3 is 2.06 bits per heavy atom. The molecule has 0 aliphatic carbocycles. The third kappa shape index (κ3) is 3.83. The van der Waals surface area contributed by atoms with Crippen LogP contribution in [0.15, 0.2) is 24.3 Å². The van der Waals surface area contributed by atoms with Crippen LogP contribution in [0.5, 0.6) is 0 Å². The highest BCUT2D eigenvalue weighted by atomic mass is 32.2. The Morgan fingerprint density at radius 1 is 1.24 bits per heavy atom. The third-order valence-corrected chi connectivity index (χ3v) is 3.18. The van der Waals surface area contributed by atoms with E-state index in [4.69, 9.17) is 5.11 Å². The second-order valence-corrected chi connectivity index (χ2v) is 6.13. The van der Waals surface area contributed by atoms with E-state index in [1.54, 1.807) is 26.0 Å². The number of rotatable bonds is 4. The van der Waals surface area contributed by atoms with E-state index < -0.39 is 21.5 Å². The summed E-state index contributed by atoms with van der Waals surface area (Å²) in [6.07, 6.45) is 1.08. The molecule has 0 bridgehead atoms. The summed E-state index contributed by atoms with van der Waals surface area (Å²) < 4.78 is 24.9. The fourth-order valence-electron chi connectivity index (χ4n) is 1.55. The molecule has 0 amide bonds. The Labute approximate surface area is 101 Å². The van der Waals surface area contributed by atoms with E-state index in [0.29, 0.717) is 5.56 Å². The lowest BCUT2D eigenvalue weighted by Crippen LogP contribution is -2.40. The predicted octanol–water partition coefficient (Wildman–Crippen LogP) is 1.17. The van der Waals surface area contributed by atoms with E-state index in [-0.39, 0.29) is 5.56 Å². The summed E-state index contributed by atoms with van der Waals surface area (Å²) in [5.74, 6) is -1.01. The van der Waals surface area contributed by atoms with Crippen LogP contribution in [0.1, 0.15) is 29.8 Å². The van der Waals surface area contributed by atoms with Crippen LogP contribution >= 0.6 is 0 Å². The van der Waals surface area contributed by atoms with Crippen LogP contribution < -0.4 is 4.72 Å². The molecule has 0 atom stereocenters. The van der Waals surface area contributed by atoms with Gasteiger partial charge in [-0.25, -0.2) is 17.9 Å². The summed E-state index contributed by atoms with van der Waals surface area (Å²) in [5, 5.41) is 8.75. The zero-order chi connectivity index (χ0) is 13.3. The molecular weight excluding hydrogens is 242 g/mol. The van der Waals surface area contributed by atoms with Crippen LogP contribution in [0.25, 0.3) is 0 Å². The molecule has 1 rings (SSSR count). The first-order valence-electron chi connectivity index (χ1n) is 4.94. The van der Waals surface area contributed by atoms with Gasteiger partial charge in [0.15, 0.2) is 0 Å². The van der Waals surface area contributed by atoms with E-state index in [2.05, 4.69) is 4.72 Å². The number of hydrogen-bond donors (Lipinski definition) is 2. The zero-order valence-corrected chi connectivity index (χ0v) is 10.7. The first-order valence-corrected chi connectivity index (χ1v) is 6.84. The lowest BCUT2D eigenvalue weighted by atomic mass is 9.95. The largest absolute Gasteiger partial charge is 0.478 e. The topological polar surface area (TPSA) is 83.5 Å². The maximum atomic E-state index is 11.2. The standard InChI is InChI=1S/C11H15NO4S/c1-11(2,12-17(3,15)16)9-6-4-8(5-7-9)10(13)14/h4-7,12H,1-3H3,(H,13,14). The fraction of sp³-hybridized carbons (Fsp3) is 0.364. The molecule has 0 unspecified atom stereocenters. The average Bonchev–Trinajstić information content (AvgIpc) is 2.14. The van der Waals surface area contributed by atoms with Gasteiger partial charge >= 0.3 is 5.97 Å². The van der Waals surface area contributed by atoms with Gasteiger partial charge in [0.25, 0.3) is 0 Å². The SMILES string of the molecule is CC(C)(NS(C)(=O)=O)c1ccc(C(=O)O)cc1. The van der Waals surface area contributed by atoms with Crippen molar-refractivity contribution in [1.29, 1.82) is 0 Å². The predicted molar refractivity (Wildman–Crippen MR) is 64.4 cm³/mol. The highest BCUT2D eigenvalue weighted by molar-refractivity contribution is 7.88. The first-order chi connectivity index (χ1) is 7.62. The van der Waals surface area contributed by atoms with Crippen molar-refractivity contribution in [3.8, 4) is 0 Å². The Kier molecular flexibility index (Phi) is 3.59. The molecule has 2 N–H and O–H groups in total. The molecule has 0 fully saturated rings. The first kappa shape index (κ1) is 13.7. The second-order valence-electron chi connectivity index (χ2n) is 4.38. The number of carboxylic acids is 1. The van der Waals surface area contributed by atoms with E-state index in [9.17, 15) is 13.2 Å². The van der Waals surface area contributed by atoms with Gasteiger partial charge in [-0.05, 0) is 31.5 Å². The van der Waals surface area contributed by atoms with Crippen molar-refractivity contribution in [3.63, 3.8) is 0 Å². The highest BCUT2D eigenvalue weighted by Crippen LogP contribution is 2.21. The van der Waals surface area contributed by atoms with Crippen molar-refractivity contribution >= 4 is 16.0 Å². The summed E-state index contributed by atoms with van der Waals surface area (Å²) >= 11 is 0. The molecule has 0 spiro atoms. The van der Waals surface area contributed by atoms with Crippen LogP contribution in [-0.4, -0.2) is 25.7 Å². The van der Waals surface area contributed by atoms with Crippen molar-refractivity contribution in [2.24, 2.45) is 0 Å². The number of nitrogens with one attached hydrogen (secondary N) is 1. The smallest absolute Gasteiger partial charge is 0.335 e. The maximum Gasteiger partial charge on any atom is 0.335 e. The molecule has 1 aromatic carbocycles. The summed E-state index contributed by atoms with van der Waals surface area (Å²) in [7, 11) is -3.32. The van der Waals surface area contributed by atoms with E-state index in [0.717, 1.165) is 6.26 Å². The molecule has 5 nitrogen and oxygen atoms in total. The van der Waals surface area contributed by atoms with Crippen LogP contribution in [0.2, 0.25) is 0 Å². The number of benzene rings is 1. The average molecular weight is 257 g/mol. The van der Waals surface area contributed by atoms with Gasteiger partial charge < -0.3 is 5.11 Å². The minimum Gasteiger partial charge on any atom is -0.478 e. The number of carboxylic acid groups (broad SMARTS) is 1. The fourth-order valence-corrected chi connectivity index (χ4v) is 2.60. The molecule has 6 heteroatoms. The van der Waals surface area contributed by atoms with Crippen LogP contribution in [0, 0.1) is 0 Å². The highest BCUT2D eigenvalue weighted by Gasteiger charge is 2.24. The molecule has 0 saturated heterocycles. The van der Waals surface area contributed by atoms with E-state index >= 15 is 0 Å². The number of hydrogen-bond acceptors (Lipinski definition) is 3. The van der Waals surface area contributed by atoms with Gasteiger partial charge in [-0.1, -0.05) is 12.1 Å². The second kappa shape index (κ2) is 4.46. The zero-order valence-electron chi connectivity index (χ0n) is 9.89. The molecule has 94 valence electrons. The van der Waals surface area contributed by atoms with Crippen LogP contribution in [0.4, 0.5) is 0 Å². The van der Waals surface area contributed by atoms with Crippen molar-refractivity contribution in [1.82, 2.24) is 4.72 Å². The van der Waals surface area contributed by atoms with Gasteiger partial charge in [0, 0.05) is 0 Å². The molecule has 0 radical (unpaired) electrons. The van der Waals surface area contributed by atoms with Gasteiger partial charge in [0.1, 0.15) is 0 Å². The maximum absolute atomic E-state index is 11.2. The molecule has 0 saturated carbocycles. The van der Waals surface area contributed by atoms with Crippen molar-refractivity contribution in [2.45, 2.75) is 19.4 Å². The molecule has 1 aromatic rings. The third-order valence-electron chi connectivity index (χ3n) is 2.29. The van der Waals surface area contributed by atoms with Gasteiger partial charge in [-0.2, -0.15) is 0 Å². The molecular formula is C11H15NO4S. The summed E-state index contributed by atoms with van der Waals surface area (Å²) in [6.45, 7) is 3.42. The summed E-state index contributed by atoms with van der Waals surface area (Å²) in [5.41, 5.74) is 0.0989. The van der Waals surface area contributed by atoms with Gasteiger partial charge in [0.2, 0.25) is 10.0 Å². The Hall–Kier alpha value is -1.40. The summed E-state index contributed by atoms with van der Waals surface area (Å²) in [4.78, 5) is 10.7. The van der Waals surface area contributed by atoms with Gasteiger partial charge in [0.05, 0.1) is 17.4 Å². The Morgan fingerprint density at radius 2 is 1.71 bits per heavy atom. The lowest BCUT2D eigenvalue weighted by Gasteiger charge is -2.25. The minimum absolute atomic E-state index is 0.170. The van der Waals surface area contributed by atoms with Gasteiger partial charge in [-0.3, -0.25) is 0 Å². The van der Waals surface area contributed by atoms with Crippen LogP contribution in [0.3, 0.4) is 0 Å². The van der Waals surface area contributed by atoms with E-state index in [1.807, 2.05) is 0 Å². The molecule has 0 heterocycles.